The fourth-order valence-electron chi connectivity index (χ4n) is 2.90. The third-order valence-corrected chi connectivity index (χ3v) is 3.84. The van der Waals surface area contributed by atoms with Crippen LogP contribution in [0.15, 0.2) is 66.7 Å². The highest BCUT2D eigenvalue weighted by molar-refractivity contribution is 6.21. The normalized spacial score (nSPS) is 12.9. The summed E-state index contributed by atoms with van der Waals surface area (Å²) in [5.74, 6) is 0.0910. The fraction of sp³-hybridized carbons (Fsp3) is 0. The molecule has 0 radical (unpaired) electrons. The number of ketones is 1. The summed E-state index contributed by atoms with van der Waals surface area (Å²) >= 11 is 0. The number of rotatable bonds is 1. The van der Waals surface area contributed by atoms with Gasteiger partial charge >= 0.3 is 0 Å². The number of carbonyl (C=O) groups is 1. The number of benzene rings is 3. The summed E-state index contributed by atoms with van der Waals surface area (Å²) in [6.45, 7) is 0. The molecule has 0 heterocycles. The standard InChI is InChI=1S/C19H12O/c20-18-12-10-14-9-11-15(13-5-2-1-3-6-13)16-7-4-8-17(18)19(14)16/h1-12H. The van der Waals surface area contributed by atoms with Gasteiger partial charge in [0, 0.05) is 10.9 Å². The van der Waals surface area contributed by atoms with E-state index in [1.54, 1.807) is 6.08 Å². The van der Waals surface area contributed by atoms with Crippen molar-refractivity contribution in [3.05, 3.63) is 77.9 Å². The maximum atomic E-state index is 12.0. The minimum absolute atomic E-state index is 0.0910. The number of allylic oxidation sites excluding steroid dienone is 1. The van der Waals surface area contributed by atoms with Crippen LogP contribution in [0.25, 0.3) is 28.0 Å². The number of hydrogen-bond acceptors (Lipinski definition) is 1. The number of hydrogen-bond donors (Lipinski definition) is 0. The molecule has 3 aromatic rings. The lowest BCUT2D eigenvalue weighted by atomic mass is 9.88. The Morgan fingerprint density at radius 2 is 1.50 bits per heavy atom. The molecule has 4 rings (SSSR count). The van der Waals surface area contributed by atoms with Gasteiger partial charge in [-0.05, 0) is 28.2 Å². The number of carbonyl (C=O) groups excluding carboxylic acids is 1. The van der Waals surface area contributed by atoms with Crippen molar-refractivity contribution in [3.63, 3.8) is 0 Å². The molecule has 0 unspecified atom stereocenters. The molecule has 0 atom stereocenters. The molecular weight excluding hydrogens is 244 g/mol. The van der Waals surface area contributed by atoms with Gasteiger partial charge in [-0.25, -0.2) is 0 Å². The van der Waals surface area contributed by atoms with Gasteiger partial charge in [0.1, 0.15) is 0 Å². The molecule has 1 aliphatic rings. The first-order chi connectivity index (χ1) is 9.84. The van der Waals surface area contributed by atoms with Gasteiger partial charge < -0.3 is 0 Å². The molecule has 20 heavy (non-hydrogen) atoms. The Morgan fingerprint density at radius 1 is 0.650 bits per heavy atom. The van der Waals surface area contributed by atoms with Crippen molar-refractivity contribution < 1.29 is 4.79 Å². The predicted octanol–water partition coefficient (Wildman–Crippen LogP) is 4.72. The van der Waals surface area contributed by atoms with Crippen LogP contribution in [-0.4, -0.2) is 5.78 Å². The Kier molecular flexibility index (Phi) is 2.33. The van der Waals surface area contributed by atoms with Crippen LogP contribution < -0.4 is 0 Å². The van der Waals surface area contributed by atoms with E-state index in [0.717, 1.165) is 21.9 Å². The lowest BCUT2D eigenvalue weighted by molar-refractivity contribution is 0.104. The van der Waals surface area contributed by atoms with Gasteiger partial charge in [-0.3, -0.25) is 4.79 Å². The fourth-order valence-corrected chi connectivity index (χ4v) is 2.90. The van der Waals surface area contributed by atoms with Crippen LogP contribution in [0.5, 0.6) is 0 Å². The largest absolute Gasteiger partial charge is 0.289 e. The van der Waals surface area contributed by atoms with Gasteiger partial charge in [-0.15, -0.1) is 0 Å². The van der Waals surface area contributed by atoms with Crippen LogP contribution in [0.4, 0.5) is 0 Å². The third-order valence-electron chi connectivity index (χ3n) is 3.84. The molecule has 94 valence electrons. The first-order valence-corrected chi connectivity index (χ1v) is 6.68. The molecule has 0 aliphatic heterocycles. The molecule has 0 saturated carbocycles. The van der Waals surface area contributed by atoms with Crippen LogP contribution in [-0.2, 0) is 0 Å². The Hall–Kier alpha value is -2.67. The van der Waals surface area contributed by atoms with Crippen molar-refractivity contribution in [2.24, 2.45) is 0 Å². The topological polar surface area (TPSA) is 17.1 Å². The zero-order chi connectivity index (χ0) is 13.5. The van der Waals surface area contributed by atoms with Gasteiger partial charge in [-0.2, -0.15) is 0 Å². The van der Waals surface area contributed by atoms with Crippen LogP contribution in [0, 0.1) is 0 Å². The first kappa shape index (κ1) is 11.2. The van der Waals surface area contributed by atoms with E-state index in [4.69, 9.17) is 0 Å². The summed E-state index contributed by atoms with van der Waals surface area (Å²) in [6.07, 6.45) is 3.56. The molecule has 0 bridgehead atoms. The minimum Gasteiger partial charge on any atom is -0.289 e. The second kappa shape index (κ2) is 4.17. The van der Waals surface area contributed by atoms with Gasteiger partial charge in [0.05, 0.1) is 0 Å². The lowest BCUT2D eigenvalue weighted by Gasteiger charge is -2.15. The predicted molar refractivity (Wildman–Crippen MR) is 82.7 cm³/mol. The van der Waals surface area contributed by atoms with Crippen molar-refractivity contribution in [1.29, 1.82) is 0 Å². The molecule has 1 aliphatic carbocycles. The summed E-state index contributed by atoms with van der Waals surface area (Å²) in [7, 11) is 0. The summed E-state index contributed by atoms with van der Waals surface area (Å²) in [5, 5.41) is 2.21. The Balaban J connectivity index is 2.13. The van der Waals surface area contributed by atoms with E-state index < -0.39 is 0 Å². The molecule has 3 aromatic carbocycles. The van der Waals surface area contributed by atoms with Gasteiger partial charge in [0.2, 0.25) is 0 Å². The average Bonchev–Trinajstić information content (AvgIpc) is 2.52. The van der Waals surface area contributed by atoms with Crippen molar-refractivity contribution in [2.75, 3.05) is 0 Å². The lowest BCUT2D eigenvalue weighted by Crippen LogP contribution is -2.01. The van der Waals surface area contributed by atoms with Crippen molar-refractivity contribution >= 4 is 22.6 Å². The highest BCUT2D eigenvalue weighted by Gasteiger charge is 2.16. The van der Waals surface area contributed by atoms with E-state index in [0.29, 0.717) is 0 Å². The quantitative estimate of drug-likeness (QED) is 0.616. The van der Waals surface area contributed by atoms with E-state index in [-0.39, 0.29) is 5.78 Å². The summed E-state index contributed by atoms with van der Waals surface area (Å²) in [6, 6.07) is 20.5. The molecule has 0 fully saturated rings. The molecule has 0 N–H and O–H groups in total. The minimum atomic E-state index is 0.0910. The monoisotopic (exact) mass is 256 g/mol. The average molecular weight is 256 g/mol. The van der Waals surface area contributed by atoms with Crippen LogP contribution >= 0.6 is 0 Å². The van der Waals surface area contributed by atoms with E-state index in [9.17, 15) is 4.79 Å². The Morgan fingerprint density at radius 3 is 2.35 bits per heavy atom. The van der Waals surface area contributed by atoms with E-state index >= 15 is 0 Å². The zero-order valence-electron chi connectivity index (χ0n) is 10.8. The van der Waals surface area contributed by atoms with Crippen LogP contribution in [0.1, 0.15) is 15.9 Å². The highest BCUT2D eigenvalue weighted by Crippen LogP contribution is 2.35. The molecule has 1 nitrogen and oxygen atoms in total. The van der Waals surface area contributed by atoms with Gasteiger partial charge in [0.25, 0.3) is 0 Å². The van der Waals surface area contributed by atoms with Crippen LogP contribution in [0.2, 0.25) is 0 Å². The van der Waals surface area contributed by atoms with E-state index in [2.05, 4.69) is 30.3 Å². The smallest absolute Gasteiger partial charge is 0.186 e. The Bertz CT molecular complexity index is 858. The molecule has 0 aromatic heterocycles. The van der Waals surface area contributed by atoms with Crippen molar-refractivity contribution in [3.8, 4) is 11.1 Å². The molecular formula is C19H12O. The zero-order valence-corrected chi connectivity index (χ0v) is 10.8. The molecule has 1 heteroatoms. The van der Waals surface area contributed by atoms with E-state index in [1.165, 1.54) is 11.1 Å². The second-order valence-electron chi connectivity index (χ2n) is 4.99. The third kappa shape index (κ3) is 1.53. The summed E-state index contributed by atoms with van der Waals surface area (Å²) in [5.41, 5.74) is 4.28. The first-order valence-electron chi connectivity index (χ1n) is 6.68. The second-order valence-corrected chi connectivity index (χ2v) is 4.99. The van der Waals surface area contributed by atoms with Crippen LogP contribution in [0.3, 0.4) is 0 Å². The molecule has 0 saturated heterocycles. The van der Waals surface area contributed by atoms with E-state index in [1.807, 2.05) is 36.4 Å². The maximum absolute atomic E-state index is 12.0. The highest BCUT2D eigenvalue weighted by atomic mass is 16.1. The maximum Gasteiger partial charge on any atom is 0.186 e. The summed E-state index contributed by atoms with van der Waals surface area (Å²) in [4.78, 5) is 12.0. The van der Waals surface area contributed by atoms with Crippen molar-refractivity contribution in [1.82, 2.24) is 0 Å². The van der Waals surface area contributed by atoms with Gasteiger partial charge in [-0.1, -0.05) is 66.7 Å². The van der Waals surface area contributed by atoms with Gasteiger partial charge in [0.15, 0.2) is 5.78 Å². The SMILES string of the molecule is O=C1C=Cc2ccc(-c3ccccc3)c3cccc1c23. The molecule has 0 spiro atoms. The molecule has 0 amide bonds. The summed E-state index contributed by atoms with van der Waals surface area (Å²) < 4.78 is 0. The Labute approximate surface area is 117 Å². The van der Waals surface area contributed by atoms with Crippen molar-refractivity contribution in [2.45, 2.75) is 0 Å².